The van der Waals surface area contributed by atoms with Crippen molar-refractivity contribution in [3.63, 3.8) is 0 Å². The SMILES string of the molecule is CC(O)c1cnc(CC2CCOCC2)o1. The van der Waals surface area contributed by atoms with Crippen LogP contribution in [0.3, 0.4) is 0 Å². The second kappa shape index (κ2) is 4.77. The van der Waals surface area contributed by atoms with E-state index in [0.29, 0.717) is 11.7 Å². The van der Waals surface area contributed by atoms with Crippen LogP contribution in [-0.2, 0) is 11.2 Å². The van der Waals surface area contributed by atoms with Gasteiger partial charge in [0.15, 0.2) is 11.7 Å². The van der Waals surface area contributed by atoms with E-state index in [2.05, 4.69) is 4.98 Å². The van der Waals surface area contributed by atoms with E-state index in [1.165, 1.54) is 0 Å². The summed E-state index contributed by atoms with van der Waals surface area (Å²) in [6, 6.07) is 0. The number of hydrogen-bond donors (Lipinski definition) is 1. The molecule has 1 atom stereocenters. The normalized spacial score (nSPS) is 20.4. The van der Waals surface area contributed by atoms with Gasteiger partial charge >= 0.3 is 0 Å². The van der Waals surface area contributed by atoms with Gasteiger partial charge in [-0.25, -0.2) is 4.98 Å². The van der Waals surface area contributed by atoms with Crippen LogP contribution in [0.1, 0.15) is 37.5 Å². The van der Waals surface area contributed by atoms with Crippen molar-refractivity contribution in [1.82, 2.24) is 4.98 Å². The van der Waals surface area contributed by atoms with E-state index >= 15 is 0 Å². The quantitative estimate of drug-likeness (QED) is 0.826. The van der Waals surface area contributed by atoms with E-state index in [1.54, 1.807) is 13.1 Å². The summed E-state index contributed by atoms with van der Waals surface area (Å²) in [5, 5.41) is 9.29. The molecule has 84 valence electrons. The Kier molecular flexibility index (Phi) is 3.38. The molecule has 4 nitrogen and oxygen atoms in total. The van der Waals surface area contributed by atoms with Gasteiger partial charge in [-0.1, -0.05) is 0 Å². The molecule has 0 aromatic carbocycles. The molecule has 2 rings (SSSR count). The Balaban J connectivity index is 1.91. The van der Waals surface area contributed by atoms with Crippen LogP contribution in [0.25, 0.3) is 0 Å². The van der Waals surface area contributed by atoms with Crippen molar-refractivity contribution in [2.75, 3.05) is 13.2 Å². The van der Waals surface area contributed by atoms with Crippen LogP contribution in [0.2, 0.25) is 0 Å². The average Bonchev–Trinajstić information content (AvgIpc) is 2.68. The average molecular weight is 211 g/mol. The summed E-state index contributed by atoms with van der Waals surface area (Å²) >= 11 is 0. The second-order valence-corrected chi connectivity index (χ2v) is 4.09. The molecule has 15 heavy (non-hydrogen) atoms. The van der Waals surface area contributed by atoms with E-state index in [1.807, 2.05) is 0 Å². The molecule has 1 unspecified atom stereocenters. The van der Waals surface area contributed by atoms with E-state index in [9.17, 15) is 5.11 Å². The molecule has 2 heterocycles. The monoisotopic (exact) mass is 211 g/mol. The lowest BCUT2D eigenvalue weighted by Gasteiger charge is -2.20. The first-order valence-corrected chi connectivity index (χ1v) is 5.46. The molecule has 0 amide bonds. The molecule has 1 aliphatic heterocycles. The van der Waals surface area contributed by atoms with Gasteiger partial charge in [0.2, 0.25) is 0 Å². The number of aliphatic hydroxyl groups is 1. The van der Waals surface area contributed by atoms with Gasteiger partial charge in [-0.05, 0) is 25.7 Å². The topological polar surface area (TPSA) is 55.5 Å². The summed E-state index contributed by atoms with van der Waals surface area (Å²) in [5.74, 6) is 1.90. The lowest BCUT2D eigenvalue weighted by atomic mass is 9.97. The van der Waals surface area contributed by atoms with E-state index in [-0.39, 0.29) is 0 Å². The van der Waals surface area contributed by atoms with E-state index < -0.39 is 6.10 Å². The molecule has 0 saturated carbocycles. The highest BCUT2D eigenvalue weighted by atomic mass is 16.5. The Morgan fingerprint density at radius 2 is 2.27 bits per heavy atom. The van der Waals surface area contributed by atoms with Gasteiger partial charge in [0.25, 0.3) is 0 Å². The zero-order chi connectivity index (χ0) is 10.7. The Bertz CT molecular complexity index is 303. The van der Waals surface area contributed by atoms with Crippen molar-refractivity contribution in [3.8, 4) is 0 Å². The second-order valence-electron chi connectivity index (χ2n) is 4.09. The molecule has 0 radical (unpaired) electrons. The molecule has 1 N–H and O–H groups in total. The van der Waals surface area contributed by atoms with Crippen LogP contribution in [0.4, 0.5) is 0 Å². The summed E-state index contributed by atoms with van der Waals surface area (Å²) in [4.78, 5) is 4.16. The number of hydrogen-bond acceptors (Lipinski definition) is 4. The minimum Gasteiger partial charge on any atom is -0.443 e. The third-order valence-electron chi connectivity index (χ3n) is 2.79. The molecule has 4 heteroatoms. The summed E-state index contributed by atoms with van der Waals surface area (Å²) in [6.45, 7) is 3.36. The van der Waals surface area contributed by atoms with Gasteiger partial charge < -0.3 is 14.3 Å². The largest absolute Gasteiger partial charge is 0.443 e. The van der Waals surface area contributed by atoms with Crippen LogP contribution >= 0.6 is 0 Å². The lowest BCUT2D eigenvalue weighted by molar-refractivity contribution is 0.0642. The van der Waals surface area contributed by atoms with Crippen molar-refractivity contribution in [3.05, 3.63) is 17.8 Å². The molecule has 0 bridgehead atoms. The first-order chi connectivity index (χ1) is 7.25. The molecule has 1 aromatic heterocycles. The summed E-state index contributed by atoms with van der Waals surface area (Å²) < 4.78 is 10.7. The maximum Gasteiger partial charge on any atom is 0.194 e. The number of rotatable bonds is 3. The van der Waals surface area contributed by atoms with Gasteiger partial charge in [0.1, 0.15) is 6.10 Å². The molecule has 0 spiro atoms. The molecular formula is C11H17NO3. The fourth-order valence-corrected chi connectivity index (χ4v) is 1.81. The number of aliphatic hydroxyl groups excluding tert-OH is 1. The Morgan fingerprint density at radius 3 is 2.87 bits per heavy atom. The Hall–Kier alpha value is -0.870. The molecular weight excluding hydrogens is 194 g/mol. The maximum atomic E-state index is 9.29. The predicted octanol–water partition coefficient (Wildman–Crippen LogP) is 1.70. The van der Waals surface area contributed by atoms with Crippen molar-refractivity contribution < 1.29 is 14.3 Å². The third kappa shape index (κ3) is 2.79. The fraction of sp³-hybridized carbons (Fsp3) is 0.727. The van der Waals surface area contributed by atoms with Gasteiger partial charge in [0.05, 0.1) is 6.20 Å². The minimum absolute atomic E-state index is 0.553. The van der Waals surface area contributed by atoms with Crippen LogP contribution in [-0.4, -0.2) is 23.3 Å². The number of nitrogens with zero attached hydrogens (tertiary/aromatic N) is 1. The van der Waals surface area contributed by atoms with Crippen LogP contribution < -0.4 is 0 Å². The molecule has 1 aliphatic rings. The van der Waals surface area contributed by atoms with Crippen LogP contribution in [0.15, 0.2) is 10.6 Å². The van der Waals surface area contributed by atoms with Gasteiger partial charge in [-0.15, -0.1) is 0 Å². The number of aromatic nitrogens is 1. The van der Waals surface area contributed by atoms with Crippen molar-refractivity contribution in [2.24, 2.45) is 5.92 Å². The highest BCUT2D eigenvalue weighted by molar-refractivity contribution is 4.97. The first-order valence-electron chi connectivity index (χ1n) is 5.46. The fourth-order valence-electron chi connectivity index (χ4n) is 1.81. The molecule has 1 saturated heterocycles. The predicted molar refractivity (Wildman–Crippen MR) is 54.4 cm³/mol. The van der Waals surface area contributed by atoms with Crippen molar-refractivity contribution >= 4 is 0 Å². The third-order valence-corrected chi connectivity index (χ3v) is 2.79. The molecule has 1 aromatic rings. The minimum atomic E-state index is -0.569. The zero-order valence-electron chi connectivity index (χ0n) is 8.98. The van der Waals surface area contributed by atoms with Gasteiger partial charge in [-0.3, -0.25) is 0 Å². The lowest BCUT2D eigenvalue weighted by Crippen LogP contribution is -2.17. The van der Waals surface area contributed by atoms with E-state index in [4.69, 9.17) is 9.15 Å². The summed E-state index contributed by atoms with van der Waals surface area (Å²) in [5.41, 5.74) is 0. The van der Waals surface area contributed by atoms with Crippen LogP contribution in [0, 0.1) is 5.92 Å². The highest BCUT2D eigenvalue weighted by Crippen LogP contribution is 2.21. The maximum absolute atomic E-state index is 9.29. The number of ether oxygens (including phenoxy) is 1. The molecule has 1 fully saturated rings. The smallest absolute Gasteiger partial charge is 0.194 e. The Morgan fingerprint density at radius 1 is 1.53 bits per heavy atom. The Labute approximate surface area is 89.3 Å². The van der Waals surface area contributed by atoms with Crippen molar-refractivity contribution in [2.45, 2.75) is 32.3 Å². The molecule has 0 aliphatic carbocycles. The first kappa shape index (κ1) is 10.6. The zero-order valence-corrected chi connectivity index (χ0v) is 8.98. The van der Waals surface area contributed by atoms with Crippen LogP contribution in [0.5, 0.6) is 0 Å². The highest BCUT2D eigenvalue weighted by Gasteiger charge is 2.17. The summed E-state index contributed by atoms with van der Waals surface area (Å²) in [6.07, 6.45) is 4.05. The number of oxazole rings is 1. The standard InChI is InChI=1S/C11H17NO3/c1-8(13)10-7-12-11(15-10)6-9-2-4-14-5-3-9/h7-9,13H,2-6H2,1H3. The van der Waals surface area contributed by atoms with Crippen molar-refractivity contribution in [1.29, 1.82) is 0 Å². The van der Waals surface area contributed by atoms with Gasteiger partial charge in [0, 0.05) is 19.6 Å². The van der Waals surface area contributed by atoms with Gasteiger partial charge in [-0.2, -0.15) is 0 Å². The van der Waals surface area contributed by atoms with E-state index in [0.717, 1.165) is 38.4 Å². The summed E-state index contributed by atoms with van der Waals surface area (Å²) in [7, 11) is 0.